The summed E-state index contributed by atoms with van der Waals surface area (Å²) in [5.74, 6) is 0. The number of alkyl halides is 3. The summed E-state index contributed by atoms with van der Waals surface area (Å²) in [7, 11) is 0. The SMILES string of the molecule is CC(C)OCCCNC(=O)NC(F)(F)F. The van der Waals surface area contributed by atoms with Crippen LogP contribution in [0.25, 0.3) is 0 Å². The second kappa shape index (κ2) is 6.49. The molecule has 0 aromatic heterocycles. The van der Waals surface area contributed by atoms with E-state index < -0.39 is 12.3 Å². The van der Waals surface area contributed by atoms with Gasteiger partial charge in [0.1, 0.15) is 0 Å². The fourth-order valence-corrected chi connectivity index (χ4v) is 0.766. The third-order valence-corrected chi connectivity index (χ3v) is 1.31. The van der Waals surface area contributed by atoms with Crippen LogP contribution in [0.4, 0.5) is 18.0 Å². The summed E-state index contributed by atoms with van der Waals surface area (Å²) in [5.41, 5.74) is 0. The van der Waals surface area contributed by atoms with Crippen LogP contribution in [0.5, 0.6) is 0 Å². The van der Waals surface area contributed by atoms with Crippen molar-refractivity contribution >= 4 is 6.03 Å². The largest absolute Gasteiger partial charge is 0.485 e. The van der Waals surface area contributed by atoms with Gasteiger partial charge < -0.3 is 10.1 Å². The number of hydrogen-bond donors (Lipinski definition) is 2. The Morgan fingerprint density at radius 2 is 2.00 bits per heavy atom. The lowest BCUT2D eigenvalue weighted by Gasteiger charge is -2.10. The maximum Gasteiger partial charge on any atom is 0.485 e. The molecule has 0 aliphatic rings. The topological polar surface area (TPSA) is 50.4 Å². The predicted molar refractivity (Wildman–Crippen MR) is 48.3 cm³/mol. The monoisotopic (exact) mass is 228 g/mol. The average Bonchev–Trinajstić information content (AvgIpc) is 1.99. The molecule has 0 spiro atoms. The van der Waals surface area contributed by atoms with E-state index in [1.165, 1.54) is 0 Å². The fraction of sp³-hybridized carbons (Fsp3) is 0.875. The molecule has 0 aromatic carbocycles. The zero-order valence-electron chi connectivity index (χ0n) is 8.65. The van der Waals surface area contributed by atoms with E-state index in [1.54, 1.807) is 0 Å². The van der Waals surface area contributed by atoms with Crippen LogP contribution in [0, 0.1) is 0 Å². The molecule has 0 aliphatic heterocycles. The van der Waals surface area contributed by atoms with Gasteiger partial charge in [-0.1, -0.05) is 0 Å². The minimum Gasteiger partial charge on any atom is -0.379 e. The van der Waals surface area contributed by atoms with E-state index in [-0.39, 0.29) is 12.6 Å². The van der Waals surface area contributed by atoms with Crippen molar-refractivity contribution in [2.24, 2.45) is 0 Å². The van der Waals surface area contributed by atoms with Crippen LogP contribution < -0.4 is 10.6 Å². The number of urea groups is 1. The summed E-state index contributed by atoms with van der Waals surface area (Å²) in [6.07, 6.45) is -4.13. The molecule has 0 bridgehead atoms. The third kappa shape index (κ3) is 10.9. The minimum absolute atomic E-state index is 0.0778. The Bertz CT molecular complexity index is 195. The van der Waals surface area contributed by atoms with Crippen molar-refractivity contribution < 1.29 is 22.7 Å². The van der Waals surface area contributed by atoms with Crippen LogP contribution >= 0.6 is 0 Å². The first-order valence-electron chi connectivity index (χ1n) is 4.55. The first-order chi connectivity index (χ1) is 6.81. The van der Waals surface area contributed by atoms with Gasteiger partial charge in [0.05, 0.1) is 6.10 Å². The number of carbonyl (C=O) groups is 1. The molecule has 2 amide bonds. The summed E-state index contributed by atoms with van der Waals surface area (Å²) < 4.78 is 39.9. The minimum atomic E-state index is -4.68. The smallest absolute Gasteiger partial charge is 0.379 e. The van der Waals surface area contributed by atoms with Crippen LogP contribution in [0.15, 0.2) is 0 Å². The first-order valence-corrected chi connectivity index (χ1v) is 4.55. The normalized spacial score (nSPS) is 11.6. The predicted octanol–water partition coefficient (Wildman–Crippen LogP) is 1.62. The highest BCUT2D eigenvalue weighted by Gasteiger charge is 2.29. The van der Waals surface area contributed by atoms with E-state index in [4.69, 9.17) is 4.74 Å². The number of amides is 2. The fourth-order valence-electron chi connectivity index (χ4n) is 0.766. The molecule has 7 heteroatoms. The number of halogens is 3. The molecular weight excluding hydrogens is 213 g/mol. The van der Waals surface area contributed by atoms with Crippen molar-refractivity contribution in [2.45, 2.75) is 32.7 Å². The van der Waals surface area contributed by atoms with Gasteiger partial charge in [0, 0.05) is 13.2 Å². The summed E-state index contributed by atoms with van der Waals surface area (Å²) in [4.78, 5) is 10.6. The molecule has 15 heavy (non-hydrogen) atoms. The summed E-state index contributed by atoms with van der Waals surface area (Å²) in [6.45, 7) is 4.26. The van der Waals surface area contributed by atoms with E-state index in [1.807, 2.05) is 13.8 Å². The van der Waals surface area contributed by atoms with Gasteiger partial charge in [-0.15, -0.1) is 0 Å². The lowest BCUT2D eigenvalue weighted by molar-refractivity contribution is -0.145. The van der Waals surface area contributed by atoms with Gasteiger partial charge in [-0.25, -0.2) is 10.1 Å². The first kappa shape index (κ1) is 14.0. The Hall–Kier alpha value is -0.980. The molecular formula is C8H15F3N2O2. The summed E-state index contributed by atoms with van der Waals surface area (Å²) >= 11 is 0. The highest BCUT2D eigenvalue weighted by molar-refractivity contribution is 5.74. The molecule has 0 radical (unpaired) electrons. The molecule has 4 nitrogen and oxygen atoms in total. The van der Waals surface area contributed by atoms with E-state index >= 15 is 0 Å². The Morgan fingerprint density at radius 3 is 2.47 bits per heavy atom. The molecule has 0 aromatic rings. The number of hydrogen-bond acceptors (Lipinski definition) is 2. The van der Waals surface area contributed by atoms with Crippen molar-refractivity contribution in [1.29, 1.82) is 0 Å². The molecule has 0 atom stereocenters. The van der Waals surface area contributed by atoms with Gasteiger partial charge in [-0.05, 0) is 20.3 Å². The van der Waals surface area contributed by atoms with Crippen LogP contribution in [0.2, 0.25) is 0 Å². The highest BCUT2D eigenvalue weighted by Crippen LogP contribution is 2.08. The number of nitrogens with one attached hydrogen (secondary N) is 2. The molecule has 2 N–H and O–H groups in total. The molecule has 0 rings (SSSR count). The van der Waals surface area contributed by atoms with Crippen molar-refractivity contribution in [3.05, 3.63) is 0 Å². The Kier molecular flexibility index (Phi) is 6.07. The third-order valence-electron chi connectivity index (χ3n) is 1.31. The second-order valence-electron chi connectivity index (χ2n) is 3.15. The Labute approximate surface area is 86.2 Å². The van der Waals surface area contributed by atoms with Gasteiger partial charge in [0.2, 0.25) is 0 Å². The molecule has 0 heterocycles. The zero-order chi connectivity index (χ0) is 11.9. The van der Waals surface area contributed by atoms with Gasteiger partial charge in [-0.3, -0.25) is 0 Å². The molecule has 0 fully saturated rings. The lowest BCUT2D eigenvalue weighted by Crippen LogP contribution is -2.44. The number of ether oxygens (including phenoxy) is 1. The maximum absolute atomic E-state index is 11.6. The van der Waals surface area contributed by atoms with E-state index in [0.717, 1.165) is 5.32 Å². The Balaban J connectivity index is 3.40. The van der Waals surface area contributed by atoms with Crippen LogP contribution in [-0.4, -0.2) is 31.6 Å². The van der Waals surface area contributed by atoms with Gasteiger partial charge in [-0.2, -0.15) is 13.2 Å². The summed E-state index contributed by atoms with van der Waals surface area (Å²) in [6, 6.07) is -1.24. The molecule has 0 saturated heterocycles. The summed E-state index contributed by atoms with van der Waals surface area (Å²) in [5, 5.41) is 2.89. The van der Waals surface area contributed by atoms with Crippen molar-refractivity contribution in [3.63, 3.8) is 0 Å². The zero-order valence-corrected chi connectivity index (χ0v) is 8.65. The lowest BCUT2D eigenvalue weighted by atomic mass is 10.4. The quantitative estimate of drug-likeness (QED) is 0.555. The Morgan fingerprint density at radius 1 is 1.40 bits per heavy atom. The molecule has 90 valence electrons. The number of rotatable bonds is 5. The van der Waals surface area contributed by atoms with Crippen molar-refractivity contribution in [1.82, 2.24) is 10.6 Å². The molecule has 0 unspecified atom stereocenters. The van der Waals surface area contributed by atoms with Crippen molar-refractivity contribution in [2.75, 3.05) is 13.2 Å². The second-order valence-corrected chi connectivity index (χ2v) is 3.15. The van der Waals surface area contributed by atoms with Crippen molar-refractivity contribution in [3.8, 4) is 0 Å². The van der Waals surface area contributed by atoms with E-state index in [2.05, 4.69) is 5.32 Å². The van der Waals surface area contributed by atoms with E-state index in [0.29, 0.717) is 13.0 Å². The van der Waals surface area contributed by atoms with Crippen LogP contribution in [0.3, 0.4) is 0 Å². The van der Waals surface area contributed by atoms with Gasteiger partial charge in [0.15, 0.2) is 0 Å². The average molecular weight is 228 g/mol. The molecule has 0 aliphatic carbocycles. The number of carbonyl (C=O) groups excluding carboxylic acids is 1. The molecule has 0 saturated carbocycles. The highest BCUT2D eigenvalue weighted by atomic mass is 19.4. The standard InChI is InChI=1S/C8H15F3N2O2/c1-6(2)15-5-3-4-12-7(14)13-8(9,10)11/h6H,3-5H2,1-2H3,(H2,12,13,14). The van der Waals surface area contributed by atoms with Crippen LogP contribution in [-0.2, 0) is 4.74 Å². The van der Waals surface area contributed by atoms with E-state index in [9.17, 15) is 18.0 Å². The van der Waals surface area contributed by atoms with Gasteiger partial charge >= 0.3 is 12.3 Å². The van der Waals surface area contributed by atoms with Gasteiger partial charge in [0.25, 0.3) is 0 Å². The maximum atomic E-state index is 11.6. The van der Waals surface area contributed by atoms with Crippen LogP contribution in [0.1, 0.15) is 20.3 Å².